The lowest BCUT2D eigenvalue weighted by Crippen LogP contribution is -2.27. The summed E-state index contributed by atoms with van der Waals surface area (Å²) in [7, 11) is 0. The van der Waals surface area contributed by atoms with Gasteiger partial charge in [0.2, 0.25) is 0 Å². The summed E-state index contributed by atoms with van der Waals surface area (Å²) in [5.74, 6) is 1.20. The Morgan fingerprint density at radius 3 is 2.58 bits per heavy atom. The molecule has 2 aromatic rings. The van der Waals surface area contributed by atoms with Crippen LogP contribution in [0.4, 0.5) is 5.82 Å². The predicted molar refractivity (Wildman–Crippen MR) is 86.9 cm³/mol. The van der Waals surface area contributed by atoms with Crippen LogP contribution in [0, 0.1) is 6.92 Å². The van der Waals surface area contributed by atoms with Gasteiger partial charge in [0.1, 0.15) is 11.5 Å². The van der Waals surface area contributed by atoms with Crippen LogP contribution in [0.5, 0.6) is 5.75 Å². The fourth-order valence-corrected chi connectivity index (χ4v) is 2.55. The molecule has 0 spiro atoms. The molecular weight excluding hydrogens is 310 g/mol. The molecule has 1 aliphatic rings. The second kappa shape index (κ2) is 7.16. The zero-order valence-corrected chi connectivity index (χ0v) is 13.4. The third kappa shape index (κ3) is 3.92. The number of anilines is 1. The Morgan fingerprint density at radius 1 is 1.25 bits per heavy atom. The highest BCUT2D eigenvalue weighted by Crippen LogP contribution is 2.16. The Bertz CT molecular complexity index is 718. The molecule has 1 aromatic heterocycles. The highest BCUT2D eigenvalue weighted by Gasteiger charge is 2.19. The number of aryl methyl sites for hydroxylation is 1. The molecule has 2 amide bonds. The van der Waals surface area contributed by atoms with Crippen molar-refractivity contribution in [1.29, 1.82) is 0 Å². The fourth-order valence-electron chi connectivity index (χ4n) is 2.55. The first-order valence-corrected chi connectivity index (χ1v) is 7.87. The van der Waals surface area contributed by atoms with Gasteiger partial charge in [0.05, 0.1) is 0 Å². The summed E-state index contributed by atoms with van der Waals surface area (Å²) in [5, 5.41) is 6.24. The molecular formula is C17H19N3O4. The second-order valence-electron chi connectivity index (χ2n) is 5.68. The summed E-state index contributed by atoms with van der Waals surface area (Å²) in [4.78, 5) is 25.9. The number of likely N-dealkylation sites (tertiary alicyclic amines) is 1. The van der Waals surface area contributed by atoms with E-state index in [4.69, 9.17) is 9.26 Å². The number of amides is 2. The van der Waals surface area contributed by atoms with E-state index in [0.717, 1.165) is 25.9 Å². The highest BCUT2D eigenvalue weighted by molar-refractivity contribution is 5.94. The molecule has 1 fully saturated rings. The van der Waals surface area contributed by atoms with E-state index in [2.05, 4.69) is 10.5 Å². The lowest BCUT2D eigenvalue weighted by atomic mass is 10.2. The highest BCUT2D eigenvalue weighted by atomic mass is 16.5. The van der Waals surface area contributed by atoms with Gasteiger partial charge in [-0.1, -0.05) is 5.16 Å². The molecule has 0 bridgehead atoms. The summed E-state index contributed by atoms with van der Waals surface area (Å²) in [5.41, 5.74) is 0.631. The largest absolute Gasteiger partial charge is 0.484 e. The van der Waals surface area contributed by atoms with Crippen molar-refractivity contribution >= 4 is 17.6 Å². The molecule has 0 saturated carbocycles. The van der Waals surface area contributed by atoms with Crippen LogP contribution in [-0.2, 0) is 4.79 Å². The number of nitrogens with zero attached hydrogens (tertiary/aromatic N) is 2. The van der Waals surface area contributed by atoms with E-state index in [0.29, 0.717) is 22.9 Å². The van der Waals surface area contributed by atoms with Gasteiger partial charge in [-0.15, -0.1) is 0 Å². The van der Waals surface area contributed by atoms with Gasteiger partial charge >= 0.3 is 0 Å². The van der Waals surface area contributed by atoms with Crippen molar-refractivity contribution in [3.05, 3.63) is 41.7 Å². The first kappa shape index (κ1) is 16.0. The maximum absolute atomic E-state index is 12.2. The van der Waals surface area contributed by atoms with Crippen LogP contribution in [0.25, 0.3) is 0 Å². The topological polar surface area (TPSA) is 84.7 Å². The smallest absolute Gasteiger partial charge is 0.263 e. The van der Waals surface area contributed by atoms with Crippen LogP contribution < -0.4 is 10.1 Å². The number of hydrogen-bond acceptors (Lipinski definition) is 5. The van der Waals surface area contributed by atoms with Crippen LogP contribution >= 0.6 is 0 Å². The molecule has 2 heterocycles. The molecule has 24 heavy (non-hydrogen) atoms. The van der Waals surface area contributed by atoms with E-state index in [1.54, 1.807) is 37.3 Å². The number of aromatic nitrogens is 1. The van der Waals surface area contributed by atoms with Gasteiger partial charge < -0.3 is 19.5 Å². The molecule has 0 aliphatic carbocycles. The fraction of sp³-hybridized carbons (Fsp3) is 0.353. The molecule has 1 aromatic carbocycles. The number of carbonyl (C=O) groups excluding carboxylic acids is 2. The number of nitrogens with one attached hydrogen (secondary N) is 1. The number of rotatable bonds is 5. The van der Waals surface area contributed by atoms with Crippen LogP contribution in [0.15, 0.2) is 34.9 Å². The molecule has 7 nitrogen and oxygen atoms in total. The second-order valence-corrected chi connectivity index (χ2v) is 5.68. The van der Waals surface area contributed by atoms with Gasteiger partial charge in [-0.3, -0.25) is 9.59 Å². The van der Waals surface area contributed by atoms with E-state index < -0.39 is 0 Å². The summed E-state index contributed by atoms with van der Waals surface area (Å²) < 4.78 is 10.3. The van der Waals surface area contributed by atoms with Crippen molar-refractivity contribution in [2.75, 3.05) is 25.0 Å². The van der Waals surface area contributed by atoms with Crippen molar-refractivity contribution in [3.63, 3.8) is 0 Å². The third-order valence-corrected chi connectivity index (χ3v) is 3.76. The summed E-state index contributed by atoms with van der Waals surface area (Å²) >= 11 is 0. The quantitative estimate of drug-likeness (QED) is 0.909. The van der Waals surface area contributed by atoms with Gasteiger partial charge in [-0.2, -0.15) is 0 Å². The maximum Gasteiger partial charge on any atom is 0.263 e. The first-order chi connectivity index (χ1) is 11.6. The van der Waals surface area contributed by atoms with Crippen molar-refractivity contribution in [2.45, 2.75) is 19.8 Å². The van der Waals surface area contributed by atoms with E-state index in [1.165, 1.54) is 0 Å². The Kier molecular flexibility index (Phi) is 4.79. The molecule has 1 N–H and O–H groups in total. The molecule has 7 heteroatoms. The van der Waals surface area contributed by atoms with E-state index >= 15 is 0 Å². The summed E-state index contributed by atoms with van der Waals surface area (Å²) in [6, 6.07) is 8.44. The minimum absolute atomic E-state index is 0.0400. The standard InChI is InChI=1S/C17H19N3O4/c1-12-10-15(19-24-12)18-16(21)11-23-14-6-4-13(5-7-14)17(22)20-8-2-3-9-20/h4-7,10H,2-3,8-9,11H2,1H3,(H,18,19,21). The molecule has 0 atom stereocenters. The Morgan fingerprint density at radius 2 is 1.96 bits per heavy atom. The summed E-state index contributed by atoms with van der Waals surface area (Å²) in [6.07, 6.45) is 2.13. The zero-order valence-electron chi connectivity index (χ0n) is 13.4. The maximum atomic E-state index is 12.2. The number of ether oxygens (including phenoxy) is 1. The average Bonchev–Trinajstić information content (AvgIpc) is 3.25. The lowest BCUT2D eigenvalue weighted by Gasteiger charge is -2.15. The molecule has 3 rings (SSSR count). The minimum Gasteiger partial charge on any atom is -0.484 e. The van der Waals surface area contributed by atoms with Gasteiger partial charge in [0, 0.05) is 24.7 Å². The van der Waals surface area contributed by atoms with Crippen molar-refractivity contribution in [1.82, 2.24) is 10.1 Å². The monoisotopic (exact) mass is 329 g/mol. The molecule has 0 radical (unpaired) electrons. The van der Waals surface area contributed by atoms with Crippen LogP contribution in [-0.4, -0.2) is 41.6 Å². The van der Waals surface area contributed by atoms with Crippen LogP contribution in [0.3, 0.4) is 0 Å². The normalized spacial score (nSPS) is 13.8. The summed E-state index contributed by atoms with van der Waals surface area (Å²) in [6.45, 7) is 3.23. The Hall–Kier alpha value is -2.83. The van der Waals surface area contributed by atoms with Crippen molar-refractivity contribution in [3.8, 4) is 5.75 Å². The average molecular weight is 329 g/mol. The van der Waals surface area contributed by atoms with E-state index in [-0.39, 0.29) is 18.4 Å². The first-order valence-electron chi connectivity index (χ1n) is 7.87. The number of hydrogen-bond donors (Lipinski definition) is 1. The predicted octanol–water partition coefficient (Wildman–Crippen LogP) is 2.24. The molecule has 1 saturated heterocycles. The number of benzene rings is 1. The SMILES string of the molecule is Cc1cc(NC(=O)COc2ccc(C(=O)N3CCCC3)cc2)no1. The number of carbonyl (C=O) groups is 2. The zero-order chi connectivity index (χ0) is 16.9. The van der Waals surface area contributed by atoms with Crippen LogP contribution in [0.2, 0.25) is 0 Å². The van der Waals surface area contributed by atoms with E-state index in [1.807, 2.05) is 4.90 Å². The van der Waals surface area contributed by atoms with Crippen molar-refractivity contribution in [2.24, 2.45) is 0 Å². The van der Waals surface area contributed by atoms with E-state index in [9.17, 15) is 9.59 Å². The Labute approximate surface area is 139 Å². The minimum atomic E-state index is -0.333. The van der Waals surface area contributed by atoms with Gasteiger partial charge in [-0.25, -0.2) is 0 Å². The lowest BCUT2D eigenvalue weighted by molar-refractivity contribution is -0.118. The van der Waals surface area contributed by atoms with Crippen LogP contribution in [0.1, 0.15) is 29.0 Å². The third-order valence-electron chi connectivity index (χ3n) is 3.76. The van der Waals surface area contributed by atoms with Gasteiger partial charge in [0.25, 0.3) is 11.8 Å². The van der Waals surface area contributed by atoms with Gasteiger partial charge in [0.15, 0.2) is 12.4 Å². The molecule has 0 unspecified atom stereocenters. The van der Waals surface area contributed by atoms with Crippen molar-refractivity contribution < 1.29 is 18.8 Å². The Balaban J connectivity index is 1.50. The molecule has 1 aliphatic heterocycles. The molecule has 126 valence electrons. The van der Waals surface area contributed by atoms with Gasteiger partial charge in [-0.05, 0) is 44.0 Å².